The molecule has 1 aliphatic heterocycles. The van der Waals surface area contributed by atoms with Crippen molar-refractivity contribution in [1.29, 1.82) is 0 Å². The number of hydrogen-bond donors (Lipinski definition) is 1. The average molecular weight is 168 g/mol. The Labute approximate surface area is 72.8 Å². The van der Waals surface area contributed by atoms with Crippen molar-refractivity contribution in [1.82, 2.24) is 5.32 Å². The first-order valence-electron chi connectivity index (χ1n) is 3.91. The Kier molecular flexibility index (Phi) is 2.40. The van der Waals surface area contributed by atoms with Gasteiger partial charge in [0.15, 0.2) is 6.40 Å². The topological polar surface area (TPSA) is 50.7 Å². The van der Waals surface area contributed by atoms with Gasteiger partial charge in [0.05, 0.1) is 12.5 Å². The molecule has 0 aromatic heterocycles. The Bertz CT molecular complexity index is 215. The Hall–Kier alpha value is -0.995. The molecule has 1 aliphatic rings. The van der Waals surface area contributed by atoms with E-state index in [-0.39, 0.29) is 17.4 Å². The number of carbonyl (C=O) groups excluding carboxylic acids is 1. The molecule has 4 nitrogen and oxygen atoms in total. The molecule has 1 N–H and O–H groups in total. The number of rotatable bonds is 3. The minimum Gasteiger partial charge on any atom is -0.560 e. The number of aliphatic imine (C=N–C) groups is 1. The maximum atomic E-state index is 11.0. The lowest BCUT2D eigenvalue weighted by Crippen LogP contribution is -2.66. The Morgan fingerprint density at radius 1 is 1.83 bits per heavy atom. The van der Waals surface area contributed by atoms with Gasteiger partial charge in [-0.1, -0.05) is 0 Å². The van der Waals surface area contributed by atoms with E-state index in [0.717, 1.165) is 0 Å². The maximum Gasteiger partial charge on any atom is 0.323 e. The minimum absolute atomic E-state index is 0.0103. The Balaban J connectivity index is 2.41. The number of nitrogens with one attached hydrogen (secondary N) is 1. The monoisotopic (exact) mass is 168 g/mol. The normalized spacial score (nSPS) is 26.5. The van der Waals surface area contributed by atoms with Gasteiger partial charge >= 0.3 is 8.05 Å². The van der Waals surface area contributed by atoms with Gasteiger partial charge in [-0.25, -0.2) is 0 Å². The largest absolute Gasteiger partial charge is 0.560 e. The minimum atomic E-state index is -0.109. The van der Waals surface area contributed by atoms with E-state index >= 15 is 0 Å². The van der Waals surface area contributed by atoms with Crippen molar-refractivity contribution < 1.29 is 9.45 Å². The molecule has 1 amide bonds. The van der Waals surface area contributed by atoms with E-state index in [1.54, 1.807) is 0 Å². The molecule has 0 spiro atoms. The lowest BCUT2D eigenvalue weighted by atomic mass is 9.79. The second-order valence-corrected chi connectivity index (χ2v) is 3.47. The highest BCUT2D eigenvalue weighted by molar-refractivity contribution is 6.02. The second kappa shape index (κ2) is 3.17. The van der Waals surface area contributed by atoms with Gasteiger partial charge in [0.1, 0.15) is 0 Å². The summed E-state index contributed by atoms with van der Waals surface area (Å²) in [7, 11) is 1.54. The predicted molar refractivity (Wildman–Crippen MR) is 48.7 cm³/mol. The predicted octanol–water partition coefficient (Wildman–Crippen LogP) is -0.896. The third kappa shape index (κ3) is 1.60. The molecule has 5 heteroatoms. The van der Waals surface area contributed by atoms with Crippen LogP contribution >= 0.6 is 0 Å². The zero-order chi connectivity index (χ0) is 9.19. The van der Waals surface area contributed by atoms with Gasteiger partial charge in [-0.2, -0.15) is 0 Å². The second-order valence-electron chi connectivity index (χ2n) is 3.47. The van der Waals surface area contributed by atoms with Crippen LogP contribution in [0.25, 0.3) is 0 Å². The van der Waals surface area contributed by atoms with Crippen LogP contribution in [0.5, 0.6) is 0 Å². The standard InChI is InChI=1S/C7H13BN2O2/c1-7(2)5(6(11)10-7)3-9-4-12-8/h4-5H,3,8H2,1-2H3,(H,10,11)/t5-/m0/s1. The number of hydrogen-bond acceptors (Lipinski definition) is 3. The molecule has 0 aromatic carbocycles. The van der Waals surface area contributed by atoms with Crippen molar-refractivity contribution in [2.75, 3.05) is 6.54 Å². The molecule has 0 radical (unpaired) electrons. The van der Waals surface area contributed by atoms with Crippen LogP contribution in [0.1, 0.15) is 13.8 Å². The van der Waals surface area contributed by atoms with E-state index in [2.05, 4.69) is 15.0 Å². The highest BCUT2D eigenvalue weighted by atomic mass is 16.4. The van der Waals surface area contributed by atoms with E-state index in [1.807, 2.05) is 13.8 Å². The summed E-state index contributed by atoms with van der Waals surface area (Å²) in [5.41, 5.74) is -0.109. The maximum absolute atomic E-state index is 11.0. The smallest absolute Gasteiger partial charge is 0.323 e. The molecule has 12 heavy (non-hydrogen) atoms. The molecular weight excluding hydrogens is 155 g/mol. The lowest BCUT2D eigenvalue weighted by Gasteiger charge is -2.43. The van der Waals surface area contributed by atoms with Crippen LogP contribution in [0.15, 0.2) is 4.99 Å². The van der Waals surface area contributed by atoms with Crippen LogP contribution in [-0.4, -0.2) is 32.4 Å². The van der Waals surface area contributed by atoms with Crippen molar-refractivity contribution in [2.24, 2.45) is 10.9 Å². The van der Waals surface area contributed by atoms with E-state index in [1.165, 1.54) is 14.4 Å². The van der Waals surface area contributed by atoms with Crippen molar-refractivity contribution in [3.05, 3.63) is 0 Å². The van der Waals surface area contributed by atoms with Gasteiger partial charge in [-0.3, -0.25) is 9.79 Å². The van der Waals surface area contributed by atoms with Gasteiger partial charge in [0.25, 0.3) is 0 Å². The summed E-state index contributed by atoms with van der Waals surface area (Å²) in [4.78, 5) is 15.0. The summed E-state index contributed by atoms with van der Waals surface area (Å²) >= 11 is 0. The Morgan fingerprint density at radius 3 is 2.92 bits per heavy atom. The molecule has 66 valence electrons. The quantitative estimate of drug-likeness (QED) is 0.257. The summed E-state index contributed by atoms with van der Waals surface area (Å²) in [6, 6.07) is 0. The number of amides is 1. The van der Waals surface area contributed by atoms with Gasteiger partial charge in [-0.05, 0) is 13.8 Å². The highest BCUT2D eigenvalue weighted by Crippen LogP contribution is 2.26. The zero-order valence-corrected chi connectivity index (χ0v) is 7.63. The first-order chi connectivity index (χ1) is 5.58. The average Bonchev–Trinajstić information content (AvgIpc) is 1.97. The zero-order valence-electron chi connectivity index (χ0n) is 7.63. The van der Waals surface area contributed by atoms with Crippen LogP contribution in [-0.2, 0) is 9.45 Å². The molecule has 0 unspecified atom stereocenters. The van der Waals surface area contributed by atoms with Crippen LogP contribution in [0.2, 0.25) is 0 Å². The Morgan fingerprint density at radius 2 is 2.50 bits per heavy atom. The van der Waals surface area contributed by atoms with Crippen LogP contribution in [0.3, 0.4) is 0 Å². The SMILES string of the molecule is BOC=NC[C@H]1C(=O)NC1(C)C. The van der Waals surface area contributed by atoms with Crippen molar-refractivity contribution >= 4 is 20.4 Å². The summed E-state index contributed by atoms with van der Waals surface area (Å²) in [6.45, 7) is 4.48. The van der Waals surface area contributed by atoms with Gasteiger partial charge in [0.2, 0.25) is 5.91 Å². The summed E-state index contributed by atoms with van der Waals surface area (Å²) in [5.74, 6) is 0.0668. The van der Waals surface area contributed by atoms with Crippen molar-refractivity contribution in [2.45, 2.75) is 19.4 Å². The molecule has 0 bridgehead atoms. The van der Waals surface area contributed by atoms with E-state index in [9.17, 15) is 4.79 Å². The van der Waals surface area contributed by atoms with E-state index in [0.29, 0.717) is 6.54 Å². The third-order valence-corrected chi connectivity index (χ3v) is 2.10. The highest BCUT2D eigenvalue weighted by Gasteiger charge is 2.45. The fourth-order valence-corrected chi connectivity index (χ4v) is 1.28. The fraction of sp³-hybridized carbons (Fsp3) is 0.714. The molecule has 0 aromatic rings. The number of nitrogens with zero attached hydrogens (tertiary/aromatic N) is 1. The van der Waals surface area contributed by atoms with Crippen LogP contribution < -0.4 is 5.32 Å². The number of carbonyl (C=O) groups is 1. The molecular formula is C7H13BN2O2. The lowest BCUT2D eigenvalue weighted by molar-refractivity contribution is -0.138. The molecule has 1 fully saturated rings. The van der Waals surface area contributed by atoms with E-state index < -0.39 is 0 Å². The molecule has 1 rings (SSSR count). The molecule has 0 aliphatic carbocycles. The third-order valence-electron chi connectivity index (χ3n) is 2.10. The molecule has 1 atom stereocenters. The first-order valence-corrected chi connectivity index (χ1v) is 3.91. The molecule has 1 saturated heterocycles. The van der Waals surface area contributed by atoms with Gasteiger partial charge < -0.3 is 9.97 Å². The summed E-state index contributed by atoms with van der Waals surface area (Å²) < 4.78 is 4.64. The first kappa shape index (κ1) is 9.10. The molecule has 1 heterocycles. The fourth-order valence-electron chi connectivity index (χ4n) is 1.28. The summed E-state index contributed by atoms with van der Waals surface area (Å²) in [5, 5.41) is 2.81. The van der Waals surface area contributed by atoms with Gasteiger partial charge in [0, 0.05) is 5.54 Å². The van der Waals surface area contributed by atoms with Crippen molar-refractivity contribution in [3.8, 4) is 0 Å². The molecule has 0 saturated carbocycles. The number of β-lactam (4-membered cyclic amide) rings is 1. The van der Waals surface area contributed by atoms with Crippen LogP contribution in [0, 0.1) is 5.92 Å². The van der Waals surface area contributed by atoms with E-state index in [4.69, 9.17) is 0 Å². The van der Waals surface area contributed by atoms with Crippen LogP contribution in [0.4, 0.5) is 0 Å². The van der Waals surface area contributed by atoms with Gasteiger partial charge in [-0.15, -0.1) is 0 Å². The van der Waals surface area contributed by atoms with Crippen molar-refractivity contribution in [3.63, 3.8) is 0 Å². The summed E-state index contributed by atoms with van der Waals surface area (Å²) in [6.07, 6.45) is 1.36.